The van der Waals surface area contributed by atoms with Gasteiger partial charge < -0.3 is 4.79 Å². The summed E-state index contributed by atoms with van der Waals surface area (Å²) in [6, 6.07) is 0. The molecule has 1 atom stereocenters. The minimum atomic E-state index is -0.0533. The van der Waals surface area contributed by atoms with Crippen LogP contribution < -0.4 is 0 Å². The molecule has 1 nitrogen and oxygen atoms in total. The molecule has 0 heterocycles. The number of rotatable bonds is 4. The van der Waals surface area contributed by atoms with Crippen molar-refractivity contribution in [1.29, 1.82) is 0 Å². The maximum absolute atomic E-state index is 9.93. The summed E-state index contributed by atoms with van der Waals surface area (Å²) in [7, 11) is 0. The van der Waals surface area contributed by atoms with Gasteiger partial charge >= 0.3 is 0 Å². The highest BCUT2D eigenvalue weighted by molar-refractivity contribution is 7.98. The van der Waals surface area contributed by atoms with E-state index in [1.807, 2.05) is 6.26 Å². The van der Waals surface area contributed by atoms with Crippen molar-refractivity contribution >= 4 is 30.7 Å². The highest BCUT2D eigenvalue weighted by atomic mass is 32.2. The number of thiol groups is 1. The molecule has 0 spiro atoms. The lowest BCUT2D eigenvalue weighted by Gasteiger charge is -1.97. The van der Waals surface area contributed by atoms with Gasteiger partial charge in [-0.2, -0.15) is 24.4 Å². The van der Waals surface area contributed by atoms with Gasteiger partial charge in [0.15, 0.2) is 0 Å². The van der Waals surface area contributed by atoms with Crippen LogP contribution in [0.4, 0.5) is 0 Å². The van der Waals surface area contributed by atoms with E-state index in [4.69, 9.17) is 0 Å². The number of hydrogen-bond donors (Lipinski definition) is 1. The lowest BCUT2D eigenvalue weighted by atomic mass is 10.4. The van der Waals surface area contributed by atoms with E-state index in [1.165, 1.54) is 0 Å². The molecule has 3 heteroatoms. The van der Waals surface area contributed by atoms with Crippen molar-refractivity contribution in [3.8, 4) is 0 Å². The Morgan fingerprint density at radius 3 is 2.88 bits per heavy atom. The number of carbonyl (C=O) groups is 1. The van der Waals surface area contributed by atoms with Crippen molar-refractivity contribution < 1.29 is 4.79 Å². The fraction of sp³-hybridized carbons (Fsp3) is 0.800. The second-order valence-corrected chi connectivity index (χ2v) is 3.13. The molecule has 0 saturated carbocycles. The van der Waals surface area contributed by atoms with Gasteiger partial charge in [-0.3, -0.25) is 0 Å². The van der Waals surface area contributed by atoms with Crippen LogP contribution in [0.2, 0.25) is 0 Å². The second kappa shape index (κ2) is 5.51. The molecule has 0 N–H and O–H groups in total. The Morgan fingerprint density at radius 2 is 2.50 bits per heavy atom. The monoisotopic (exact) mass is 150 g/mol. The zero-order valence-electron chi connectivity index (χ0n) is 4.83. The summed E-state index contributed by atoms with van der Waals surface area (Å²) in [4.78, 5) is 9.93. The van der Waals surface area contributed by atoms with Crippen LogP contribution in [0.3, 0.4) is 0 Å². The smallest absolute Gasteiger partial charge is 0.132 e. The van der Waals surface area contributed by atoms with E-state index >= 15 is 0 Å². The maximum Gasteiger partial charge on any atom is 0.132 e. The Morgan fingerprint density at radius 1 is 1.88 bits per heavy atom. The average Bonchev–Trinajstić information content (AvgIpc) is 1.83. The third-order valence-electron chi connectivity index (χ3n) is 0.775. The number of carbonyl (C=O) groups excluding carboxylic acids is 1. The van der Waals surface area contributed by atoms with Crippen molar-refractivity contribution in [3.05, 3.63) is 0 Å². The zero-order chi connectivity index (χ0) is 6.41. The van der Waals surface area contributed by atoms with Crippen LogP contribution in [0.15, 0.2) is 0 Å². The molecule has 0 saturated heterocycles. The maximum atomic E-state index is 9.93. The van der Waals surface area contributed by atoms with Gasteiger partial charge in [0.25, 0.3) is 0 Å². The van der Waals surface area contributed by atoms with Gasteiger partial charge in [-0.05, 0) is 18.4 Å². The van der Waals surface area contributed by atoms with E-state index in [9.17, 15) is 4.79 Å². The molecule has 0 aromatic rings. The van der Waals surface area contributed by atoms with Gasteiger partial charge in [-0.1, -0.05) is 0 Å². The Hall–Kier alpha value is 0.370. The van der Waals surface area contributed by atoms with Gasteiger partial charge in [0, 0.05) is 0 Å². The van der Waals surface area contributed by atoms with E-state index in [1.54, 1.807) is 11.8 Å². The Labute approximate surface area is 59.6 Å². The van der Waals surface area contributed by atoms with Crippen molar-refractivity contribution in [2.45, 2.75) is 11.7 Å². The van der Waals surface area contributed by atoms with Gasteiger partial charge in [-0.15, -0.1) is 0 Å². The van der Waals surface area contributed by atoms with Crippen LogP contribution in [-0.2, 0) is 4.79 Å². The molecular formula is C5H10OS2. The van der Waals surface area contributed by atoms with Gasteiger partial charge in [0.05, 0.1) is 5.25 Å². The van der Waals surface area contributed by atoms with E-state index in [0.29, 0.717) is 0 Å². The van der Waals surface area contributed by atoms with E-state index in [0.717, 1.165) is 18.5 Å². The molecule has 0 rings (SSSR count). The first-order chi connectivity index (χ1) is 3.81. The predicted octanol–water partition coefficient (Wildman–Crippen LogP) is 1.24. The number of hydrogen-bond acceptors (Lipinski definition) is 3. The summed E-state index contributed by atoms with van der Waals surface area (Å²) < 4.78 is 0. The van der Waals surface area contributed by atoms with Crippen LogP contribution in [0.5, 0.6) is 0 Å². The summed E-state index contributed by atoms with van der Waals surface area (Å²) in [5, 5.41) is -0.0533. The molecule has 0 fully saturated rings. The van der Waals surface area contributed by atoms with Crippen LogP contribution in [0.1, 0.15) is 6.42 Å². The Kier molecular flexibility index (Phi) is 5.76. The lowest BCUT2D eigenvalue weighted by Crippen LogP contribution is -2.00. The van der Waals surface area contributed by atoms with Crippen LogP contribution in [0, 0.1) is 0 Å². The van der Waals surface area contributed by atoms with Gasteiger partial charge in [-0.25, -0.2) is 0 Å². The summed E-state index contributed by atoms with van der Waals surface area (Å²) in [6.45, 7) is 0. The molecule has 0 aliphatic rings. The first kappa shape index (κ1) is 8.37. The molecule has 0 amide bonds. The molecule has 0 aliphatic heterocycles. The third-order valence-corrected chi connectivity index (χ3v) is 1.80. The Bertz CT molecular complexity index is 65.4. The number of aldehydes is 1. The Balaban J connectivity index is 2.98. The predicted molar refractivity (Wildman–Crippen MR) is 41.8 cm³/mol. The van der Waals surface area contributed by atoms with Gasteiger partial charge in [0.2, 0.25) is 0 Å². The molecule has 0 aromatic carbocycles. The lowest BCUT2D eigenvalue weighted by molar-refractivity contribution is -0.107. The van der Waals surface area contributed by atoms with E-state index in [-0.39, 0.29) is 5.25 Å². The van der Waals surface area contributed by atoms with Crippen molar-refractivity contribution in [2.24, 2.45) is 0 Å². The quantitative estimate of drug-likeness (QED) is 0.479. The van der Waals surface area contributed by atoms with E-state index in [2.05, 4.69) is 12.6 Å². The SMILES string of the molecule is CSCCC(S)C=O. The van der Waals surface area contributed by atoms with Crippen molar-refractivity contribution in [2.75, 3.05) is 12.0 Å². The summed E-state index contributed by atoms with van der Waals surface area (Å²) >= 11 is 5.72. The third kappa shape index (κ3) is 4.53. The average molecular weight is 150 g/mol. The minimum absolute atomic E-state index is 0.0533. The first-order valence-corrected chi connectivity index (χ1v) is 4.34. The van der Waals surface area contributed by atoms with Crippen molar-refractivity contribution in [1.82, 2.24) is 0 Å². The van der Waals surface area contributed by atoms with Crippen LogP contribution in [0.25, 0.3) is 0 Å². The molecule has 1 unspecified atom stereocenters. The molecule has 48 valence electrons. The van der Waals surface area contributed by atoms with E-state index < -0.39 is 0 Å². The van der Waals surface area contributed by atoms with Crippen LogP contribution in [-0.4, -0.2) is 23.5 Å². The number of thioether (sulfide) groups is 1. The normalized spacial score (nSPS) is 13.2. The molecule has 0 bridgehead atoms. The highest BCUT2D eigenvalue weighted by Crippen LogP contribution is 2.02. The second-order valence-electron chi connectivity index (χ2n) is 1.48. The largest absolute Gasteiger partial charge is 0.302 e. The molecular weight excluding hydrogens is 140 g/mol. The van der Waals surface area contributed by atoms with Crippen LogP contribution >= 0.6 is 24.4 Å². The van der Waals surface area contributed by atoms with Crippen molar-refractivity contribution in [3.63, 3.8) is 0 Å². The topological polar surface area (TPSA) is 17.1 Å². The summed E-state index contributed by atoms with van der Waals surface area (Å²) in [5.74, 6) is 1.02. The molecule has 0 aromatic heterocycles. The molecule has 0 aliphatic carbocycles. The summed E-state index contributed by atoms with van der Waals surface area (Å²) in [5.41, 5.74) is 0. The highest BCUT2D eigenvalue weighted by Gasteiger charge is 1.96. The zero-order valence-corrected chi connectivity index (χ0v) is 6.54. The molecule has 8 heavy (non-hydrogen) atoms. The standard InChI is InChI=1S/C5H10OS2/c1-8-3-2-5(7)4-6/h4-5,7H,2-3H2,1H3. The minimum Gasteiger partial charge on any atom is -0.302 e. The fourth-order valence-electron chi connectivity index (χ4n) is 0.307. The molecule has 0 radical (unpaired) electrons. The fourth-order valence-corrected chi connectivity index (χ4v) is 1.10. The first-order valence-electron chi connectivity index (χ1n) is 2.43. The van der Waals surface area contributed by atoms with Gasteiger partial charge in [0.1, 0.15) is 6.29 Å². The summed E-state index contributed by atoms with van der Waals surface area (Å²) in [6.07, 6.45) is 3.78.